The molecule has 0 unspecified atom stereocenters. The van der Waals surface area contributed by atoms with Crippen molar-refractivity contribution in [1.29, 1.82) is 5.41 Å². The Hall–Kier alpha value is -2.63. The lowest BCUT2D eigenvalue weighted by molar-refractivity contribution is 0.328. The van der Waals surface area contributed by atoms with E-state index in [4.69, 9.17) is 15.9 Å². The zero-order chi connectivity index (χ0) is 17.0. The summed E-state index contributed by atoms with van der Waals surface area (Å²) in [5.74, 6) is 0.514. The Morgan fingerprint density at radius 3 is 2.78 bits per heavy atom. The molecule has 0 bridgehead atoms. The molecular weight excluding hydrogens is 290 g/mol. The van der Waals surface area contributed by atoms with Crippen molar-refractivity contribution in [3.8, 4) is 17.1 Å². The minimum absolute atomic E-state index is 0.195. The van der Waals surface area contributed by atoms with Crippen LogP contribution in [0.5, 0.6) is 5.88 Å². The highest BCUT2D eigenvalue weighted by Crippen LogP contribution is 2.32. The SMILES string of the molecule is CCOc1ncccc1-c1cc(N)c(NC(C)C)c(C(C)=N)n1. The van der Waals surface area contributed by atoms with Crippen LogP contribution in [0.15, 0.2) is 24.4 Å². The van der Waals surface area contributed by atoms with Crippen molar-refractivity contribution in [2.75, 3.05) is 17.7 Å². The van der Waals surface area contributed by atoms with Gasteiger partial charge in [-0.3, -0.25) is 0 Å². The summed E-state index contributed by atoms with van der Waals surface area (Å²) in [4.78, 5) is 8.86. The lowest BCUT2D eigenvalue weighted by Gasteiger charge is -2.18. The van der Waals surface area contributed by atoms with Crippen molar-refractivity contribution in [1.82, 2.24) is 9.97 Å². The number of nitrogens with one attached hydrogen (secondary N) is 2. The summed E-state index contributed by atoms with van der Waals surface area (Å²) in [7, 11) is 0. The third kappa shape index (κ3) is 3.77. The molecule has 0 radical (unpaired) electrons. The zero-order valence-corrected chi connectivity index (χ0v) is 14.0. The standard InChI is InChI=1S/C17H23N5O/c1-5-23-17-12(7-6-8-20-17)14-9-13(19)16(21-10(2)3)15(22-14)11(4)18/h6-10,18,21H,5H2,1-4H3,(H2,19,22). The molecule has 2 aromatic rings. The lowest BCUT2D eigenvalue weighted by atomic mass is 10.1. The first-order valence-corrected chi connectivity index (χ1v) is 7.64. The molecule has 0 spiro atoms. The number of pyridine rings is 2. The van der Waals surface area contributed by atoms with Crippen LogP contribution >= 0.6 is 0 Å². The number of nitrogen functional groups attached to an aromatic ring is 1. The Morgan fingerprint density at radius 2 is 2.17 bits per heavy atom. The minimum Gasteiger partial charge on any atom is -0.477 e. The van der Waals surface area contributed by atoms with Gasteiger partial charge in [-0.1, -0.05) is 0 Å². The second-order valence-electron chi connectivity index (χ2n) is 5.53. The molecule has 4 N–H and O–H groups in total. The summed E-state index contributed by atoms with van der Waals surface area (Å²) < 4.78 is 5.57. The molecule has 0 saturated heterocycles. The van der Waals surface area contributed by atoms with Crippen molar-refractivity contribution in [2.45, 2.75) is 33.7 Å². The fourth-order valence-corrected chi connectivity index (χ4v) is 2.25. The zero-order valence-electron chi connectivity index (χ0n) is 14.0. The van der Waals surface area contributed by atoms with E-state index in [1.165, 1.54) is 0 Å². The highest BCUT2D eigenvalue weighted by molar-refractivity contribution is 6.02. The van der Waals surface area contributed by atoms with Crippen LogP contribution in [0.2, 0.25) is 0 Å². The summed E-state index contributed by atoms with van der Waals surface area (Å²) in [6.07, 6.45) is 1.68. The smallest absolute Gasteiger partial charge is 0.222 e. The van der Waals surface area contributed by atoms with Gasteiger partial charge in [0.25, 0.3) is 0 Å². The van der Waals surface area contributed by atoms with Gasteiger partial charge >= 0.3 is 0 Å². The molecule has 0 saturated carbocycles. The molecule has 2 rings (SSSR count). The van der Waals surface area contributed by atoms with Crippen molar-refractivity contribution in [3.05, 3.63) is 30.1 Å². The molecule has 0 fully saturated rings. The first-order chi connectivity index (χ1) is 10.9. The molecule has 0 amide bonds. The van der Waals surface area contributed by atoms with Crippen LogP contribution in [0.1, 0.15) is 33.4 Å². The lowest BCUT2D eigenvalue weighted by Crippen LogP contribution is -2.16. The Kier molecular flexibility index (Phi) is 5.16. The molecule has 6 heteroatoms. The topological polar surface area (TPSA) is 96.9 Å². The second kappa shape index (κ2) is 7.09. The molecule has 0 aromatic carbocycles. The van der Waals surface area contributed by atoms with Crippen molar-refractivity contribution >= 4 is 17.1 Å². The maximum Gasteiger partial charge on any atom is 0.222 e. The summed E-state index contributed by atoms with van der Waals surface area (Å²) >= 11 is 0. The highest BCUT2D eigenvalue weighted by Gasteiger charge is 2.16. The number of hydrogen-bond acceptors (Lipinski definition) is 6. The van der Waals surface area contributed by atoms with E-state index in [1.54, 1.807) is 19.2 Å². The summed E-state index contributed by atoms with van der Waals surface area (Å²) in [5, 5.41) is 11.3. The summed E-state index contributed by atoms with van der Waals surface area (Å²) in [6.45, 7) is 8.16. The van der Waals surface area contributed by atoms with Crippen LogP contribution in [0.3, 0.4) is 0 Å². The first-order valence-electron chi connectivity index (χ1n) is 7.64. The normalized spacial score (nSPS) is 10.7. The van der Waals surface area contributed by atoms with Crippen LogP contribution in [0.4, 0.5) is 11.4 Å². The highest BCUT2D eigenvalue weighted by atomic mass is 16.5. The number of nitrogens with zero attached hydrogens (tertiary/aromatic N) is 2. The van der Waals surface area contributed by atoms with Crippen molar-refractivity contribution in [2.24, 2.45) is 0 Å². The number of anilines is 2. The fourth-order valence-electron chi connectivity index (χ4n) is 2.25. The maximum absolute atomic E-state index is 8.01. The van der Waals surface area contributed by atoms with E-state index in [0.717, 1.165) is 5.56 Å². The molecule has 0 aliphatic carbocycles. The number of ether oxygens (including phenoxy) is 1. The molecule has 2 heterocycles. The van der Waals surface area contributed by atoms with Gasteiger partial charge in [-0.2, -0.15) is 0 Å². The molecule has 2 aromatic heterocycles. The van der Waals surface area contributed by atoms with E-state index in [2.05, 4.69) is 15.3 Å². The predicted octanol–water partition coefficient (Wildman–Crippen LogP) is 3.33. The van der Waals surface area contributed by atoms with Crippen LogP contribution in [-0.4, -0.2) is 28.3 Å². The number of rotatable bonds is 6. The van der Waals surface area contributed by atoms with E-state index >= 15 is 0 Å². The predicted molar refractivity (Wildman–Crippen MR) is 94.3 cm³/mol. The Bertz CT molecular complexity index is 712. The van der Waals surface area contributed by atoms with E-state index in [1.807, 2.05) is 32.9 Å². The summed E-state index contributed by atoms with van der Waals surface area (Å²) in [6, 6.07) is 5.70. The number of nitrogens with two attached hydrogens (primary N) is 1. The van der Waals surface area contributed by atoms with Gasteiger partial charge in [0.15, 0.2) is 0 Å². The van der Waals surface area contributed by atoms with Gasteiger partial charge in [0, 0.05) is 12.2 Å². The minimum atomic E-state index is 0.195. The summed E-state index contributed by atoms with van der Waals surface area (Å²) in [5.41, 5.74) is 9.76. The Balaban J connectivity index is 2.60. The van der Waals surface area contributed by atoms with Crippen LogP contribution in [0, 0.1) is 5.41 Å². The molecule has 122 valence electrons. The van der Waals surface area contributed by atoms with E-state index < -0.39 is 0 Å². The second-order valence-corrected chi connectivity index (χ2v) is 5.53. The van der Waals surface area contributed by atoms with Gasteiger partial charge in [-0.05, 0) is 45.9 Å². The van der Waals surface area contributed by atoms with Crippen LogP contribution in [-0.2, 0) is 0 Å². The van der Waals surface area contributed by atoms with Crippen molar-refractivity contribution in [3.63, 3.8) is 0 Å². The molecule has 23 heavy (non-hydrogen) atoms. The Labute approximate surface area is 136 Å². The maximum atomic E-state index is 8.01. The van der Waals surface area contributed by atoms with Gasteiger partial charge in [0.1, 0.15) is 5.69 Å². The van der Waals surface area contributed by atoms with Gasteiger partial charge in [-0.15, -0.1) is 0 Å². The molecule has 0 aliphatic heterocycles. The third-order valence-corrected chi connectivity index (χ3v) is 3.17. The molecular formula is C17H23N5O. The van der Waals surface area contributed by atoms with E-state index in [0.29, 0.717) is 41.0 Å². The quantitative estimate of drug-likeness (QED) is 0.711. The third-order valence-electron chi connectivity index (χ3n) is 3.17. The Morgan fingerprint density at radius 1 is 1.43 bits per heavy atom. The van der Waals surface area contributed by atoms with Gasteiger partial charge in [0.05, 0.1) is 35.0 Å². The first kappa shape index (κ1) is 16.7. The largest absolute Gasteiger partial charge is 0.477 e. The van der Waals surface area contributed by atoms with Crippen LogP contribution < -0.4 is 15.8 Å². The van der Waals surface area contributed by atoms with Gasteiger partial charge < -0.3 is 21.2 Å². The van der Waals surface area contributed by atoms with Gasteiger partial charge in [-0.25, -0.2) is 9.97 Å². The van der Waals surface area contributed by atoms with Crippen molar-refractivity contribution < 1.29 is 4.74 Å². The van der Waals surface area contributed by atoms with E-state index in [9.17, 15) is 0 Å². The monoisotopic (exact) mass is 313 g/mol. The number of aromatic nitrogens is 2. The fraction of sp³-hybridized carbons (Fsp3) is 0.353. The molecule has 6 nitrogen and oxygen atoms in total. The number of hydrogen-bond donors (Lipinski definition) is 3. The molecule has 0 aliphatic rings. The van der Waals surface area contributed by atoms with Crippen LogP contribution in [0.25, 0.3) is 11.3 Å². The average molecular weight is 313 g/mol. The molecule has 0 atom stereocenters. The van der Waals surface area contributed by atoms with E-state index in [-0.39, 0.29) is 6.04 Å². The average Bonchev–Trinajstić information content (AvgIpc) is 2.49. The van der Waals surface area contributed by atoms with Gasteiger partial charge in [0.2, 0.25) is 5.88 Å².